The lowest BCUT2D eigenvalue weighted by Gasteiger charge is -2.32. The minimum absolute atomic E-state index is 0.122. The molecule has 0 aromatic carbocycles. The first-order chi connectivity index (χ1) is 9.06. The number of carbonyl (C=O) groups excluding carboxylic acids is 3. The lowest BCUT2D eigenvalue weighted by atomic mass is 9.79. The van der Waals surface area contributed by atoms with E-state index in [2.05, 4.69) is 6.92 Å². The zero-order chi connectivity index (χ0) is 14.0. The molecule has 0 aromatic heterocycles. The molecule has 2 fully saturated rings. The highest BCUT2D eigenvalue weighted by molar-refractivity contribution is 6.02. The smallest absolute Gasteiger partial charge is 0.329 e. The highest BCUT2D eigenvalue weighted by Crippen LogP contribution is 2.33. The number of esters is 1. The van der Waals surface area contributed by atoms with Gasteiger partial charge in [-0.3, -0.25) is 14.5 Å². The number of likely N-dealkylation sites (tertiary alicyclic amines) is 1. The van der Waals surface area contributed by atoms with Crippen LogP contribution < -0.4 is 0 Å². The van der Waals surface area contributed by atoms with E-state index in [4.69, 9.17) is 4.74 Å². The number of ether oxygens (including phenoxy) is 1. The Balaban J connectivity index is 2.15. The molecule has 5 nitrogen and oxygen atoms in total. The second kappa shape index (κ2) is 5.72. The third-order valence-corrected chi connectivity index (χ3v) is 4.35. The summed E-state index contributed by atoms with van der Waals surface area (Å²) < 4.78 is 4.69. The van der Waals surface area contributed by atoms with Crippen molar-refractivity contribution in [1.82, 2.24) is 4.90 Å². The molecule has 1 saturated carbocycles. The number of hydrogen-bond acceptors (Lipinski definition) is 4. The number of hydrogen-bond donors (Lipinski definition) is 0. The van der Waals surface area contributed by atoms with E-state index in [0.29, 0.717) is 6.42 Å². The van der Waals surface area contributed by atoms with Crippen LogP contribution in [-0.4, -0.2) is 35.8 Å². The topological polar surface area (TPSA) is 63.7 Å². The molecule has 3 atom stereocenters. The summed E-state index contributed by atoms with van der Waals surface area (Å²) in [5.41, 5.74) is 0. The minimum atomic E-state index is -0.709. The molecule has 5 heteroatoms. The molecule has 0 radical (unpaired) electrons. The molecule has 1 aliphatic heterocycles. The van der Waals surface area contributed by atoms with Gasteiger partial charge in [0.15, 0.2) is 0 Å². The highest BCUT2D eigenvalue weighted by atomic mass is 16.5. The van der Waals surface area contributed by atoms with Crippen LogP contribution >= 0.6 is 0 Å². The van der Waals surface area contributed by atoms with Gasteiger partial charge in [0.1, 0.15) is 6.04 Å². The van der Waals surface area contributed by atoms with E-state index in [0.717, 1.165) is 30.6 Å². The van der Waals surface area contributed by atoms with Crippen molar-refractivity contribution in [3.63, 3.8) is 0 Å². The first-order valence-corrected chi connectivity index (χ1v) is 7.00. The third kappa shape index (κ3) is 2.65. The second-order valence-corrected chi connectivity index (χ2v) is 5.55. The quantitative estimate of drug-likeness (QED) is 0.562. The first-order valence-electron chi connectivity index (χ1n) is 7.00. The number of amides is 2. The van der Waals surface area contributed by atoms with Crippen molar-refractivity contribution in [1.29, 1.82) is 0 Å². The Labute approximate surface area is 113 Å². The summed E-state index contributed by atoms with van der Waals surface area (Å²) in [6, 6.07) is -0.709. The van der Waals surface area contributed by atoms with Crippen molar-refractivity contribution < 1.29 is 19.1 Å². The summed E-state index contributed by atoms with van der Waals surface area (Å²) in [5.74, 6) is -0.734. The van der Waals surface area contributed by atoms with E-state index < -0.39 is 12.0 Å². The summed E-state index contributed by atoms with van der Waals surface area (Å²) in [7, 11) is 1.29. The Morgan fingerprint density at radius 2 is 1.89 bits per heavy atom. The van der Waals surface area contributed by atoms with E-state index in [-0.39, 0.29) is 30.1 Å². The van der Waals surface area contributed by atoms with E-state index in [1.807, 2.05) is 0 Å². The molecule has 2 rings (SSSR count). The van der Waals surface area contributed by atoms with Gasteiger partial charge in [-0.25, -0.2) is 4.79 Å². The lowest BCUT2D eigenvalue weighted by molar-refractivity contribution is -0.158. The maximum absolute atomic E-state index is 12.5. The van der Waals surface area contributed by atoms with Crippen molar-refractivity contribution in [2.45, 2.75) is 51.5 Å². The monoisotopic (exact) mass is 267 g/mol. The van der Waals surface area contributed by atoms with E-state index in [1.54, 1.807) is 0 Å². The number of carbonyl (C=O) groups is 3. The predicted octanol–water partition coefficient (Wildman–Crippen LogP) is 1.50. The molecule has 2 amide bonds. The van der Waals surface area contributed by atoms with Crippen LogP contribution in [0.5, 0.6) is 0 Å². The molecule has 1 saturated heterocycles. The molecule has 0 N–H and O–H groups in total. The molecule has 106 valence electrons. The van der Waals surface area contributed by atoms with Crippen molar-refractivity contribution in [2.24, 2.45) is 11.8 Å². The SMILES string of the molecule is COC(=O)[C@@H]1CCC(=O)N1C(=O)[C@H]1CCCC[C@@H]1C. The Morgan fingerprint density at radius 3 is 2.53 bits per heavy atom. The van der Waals surface area contributed by atoms with Gasteiger partial charge in [0, 0.05) is 12.3 Å². The van der Waals surface area contributed by atoms with Crippen LogP contribution in [-0.2, 0) is 19.1 Å². The summed E-state index contributed by atoms with van der Waals surface area (Å²) in [4.78, 5) is 37.3. The fourth-order valence-corrected chi connectivity index (χ4v) is 3.18. The fraction of sp³-hybridized carbons (Fsp3) is 0.786. The fourth-order valence-electron chi connectivity index (χ4n) is 3.18. The van der Waals surface area contributed by atoms with Crippen LogP contribution in [0, 0.1) is 11.8 Å². The number of methoxy groups -OCH3 is 1. The predicted molar refractivity (Wildman–Crippen MR) is 68.0 cm³/mol. The molecule has 1 heterocycles. The van der Waals surface area contributed by atoms with Crippen LogP contribution in [0.2, 0.25) is 0 Å². The molecular weight excluding hydrogens is 246 g/mol. The zero-order valence-corrected chi connectivity index (χ0v) is 11.6. The van der Waals surface area contributed by atoms with Crippen LogP contribution in [0.4, 0.5) is 0 Å². The van der Waals surface area contributed by atoms with E-state index in [9.17, 15) is 14.4 Å². The summed E-state index contributed by atoms with van der Waals surface area (Å²) >= 11 is 0. The van der Waals surface area contributed by atoms with Gasteiger partial charge in [-0.05, 0) is 25.2 Å². The summed E-state index contributed by atoms with van der Waals surface area (Å²) in [5, 5.41) is 0. The largest absolute Gasteiger partial charge is 0.467 e. The molecule has 0 aromatic rings. The average Bonchev–Trinajstić information content (AvgIpc) is 2.79. The summed E-state index contributed by atoms with van der Waals surface area (Å²) in [6.07, 6.45) is 4.63. The standard InChI is InChI=1S/C14H21NO4/c1-9-5-3-4-6-10(9)13(17)15-11(14(18)19-2)7-8-12(15)16/h9-11H,3-8H2,1-2H3/t9-,10-,11-/m0/s1. The molecular formula is C14H21NO4. The lowest BCUT2D eigenvalue weighted by Crippen LogP contribution is -2.47. The van der Waals surface area contributed by atoms with Gasteiger partial charge in [-0.1, -0.05) is 19.8 Å². The molecule has 1 aliphatic carbocycles. The van der Waals surface area contributed by atoms with Gasteiger partial charge >= 0.3 is 5.97 Å². The van der Waals surface area contributed by atoms with Crippen LogP contribution in [0.1, 0.15) is 45.4 Å². The third-order valence-electron chi connectivity index (χ3n) is 4.35. The number of rotatable bonds is 2. The second-order valence-electron chi connectivity index (χ2n) is 5.55. The van der Waals surface area contributed by atoms with Crippen molar-refractivity contribution in [2.75, 3.05) is 7.11 Å². The van der Waals surface area contributed by atoms with E-state index in [1.165, 1.54) is 7.11 Å². The van der Waals surface area contributed by atoms with Gasteiger partial charge < -0.3 is 4.74 Å². The van der Waals surface area contributed by atoms with Crippen LogP contribution in [0.25, 0.3) is 0 Å². The maximum atomic E-state index is 12.5. The summed E-state index contributed by atoms with van der Waals surface area (Å²) in [6.45, 7) is 2.05. The van der Waals surface area contributed by atoms with Crippen LogP contribution in [0.15, 0.2) is 0 Å². The molecule has 0 bridgehead atoms. The molecule has 19 heavy (non-hydrogen) atoms. The number of nitrogens with zero attached hydrogens (tertiary/aromatic N) is 1. The van der Waals surface area contributed by atoms with Crippen LogP contribution in [0.3, 0.4) is 0 Å². The Hall–Kier alpha value is -1.39. The van der Waals surface area contributed by atoms with Gasteiger partial charge in [0.05, 0.1) is 7.11 Å². The Kier molecular flexibility index (Phi) is 4.22. The van der Waals surface area contributed by atoms with Crippen molar-refractivity contribution in [3.8, 4) is 0 Å². The highest BCUT2D eigenvalue weighted by Gasteiger charge is 2.44. The molecule has 2 aliphatic rings. The zero-order valence-electron chi connectivity index (χ0n) is 11.6. The van der Waals surface area contributed by atoms with E-state index >= 15 is 0 Å². The molecule has 0 unspecified atom stereocenters. The minimum Gasteiger partial charge on any atom is -0.467 e. The molecule has 0 spiro atoms. The van der Waals surface area contributed by atoms with Gasteiger partial charge in [0.2, 0.25) is 11.8 Å². The Bertz CT molecular complexity index is 393. The van der Waals surface area contributed by atoms with Gasteiger partial charge in [-0.15, -0.1) is 0 Å². The van der Waals surface area contributed by atoms with Crippen molar-refractivity contribution in [3.05, 3.63) is 0 Å². The normalized spacial score (nSPS) is 31.4. The van der Waals surface area contributed by atoms with Crippen molar-refractivity contribution >= 4 is 17.8 Å². The maximum Gasteiger partial charge on any atom is 0.329 e. The van der Waals surface area contributed by atoms with Gasteiger partial charge in [0.25, 0.3) is 0 Å². The first kappa shape index (κ1) is 14.0. The van der Waals surface area contributed by atoms with Gasteiger partial charge in [-0.2, -0.15) is 0 Å². The number of imide groups is 1. The average molecular weight is 267 g/mol. The Morgan fingerprint density at radius 1 is 1.21 bits per heavy atom.